The summed E-state index contributed by atoms with van der Waals surface area (Å²) in [5.74, 6) is 0.586. The molecule has 2 aromatic heterocycles. The lowest BCUT2D eigenvalue weighted by molar-refractivity contribution is -0.384. The number of nitrogens with zero attached hydrogens (tertiary/aromatic N) is 4. The Labute approximate surface area is 107 Å². The van der Waals surface area contributed by atoms with Crippen molar-refractivity contribution in [1.29, 1.82) is 0 Å². The molecule has 100 valence electrons. The van der Waals surface area contributed by atoms with Gasteiger partial charge in [0.1, 0.15) is 0 Å². The van der Waals surface area contributed by atoms with Gasteiger partial charge in [0, 0.05) is 18.8 Å². The Hall–Kier alpha value is -2.71. The second-order valence-corrected chi connectivity index (χ2v) is 3.94. The zero-order valence-corrected chi connectivity index (χ0v) is 10.4. The van der Waals surface area contributed by atoms with Gasteiger partial charge in [0.25, 0.3) is 0 Å². The van der Waals surface area contributed by atoms with Gasteiger partial charge < -0.3 is 5.32 Å². The standard InChI is InChI=1S/C10H12N6O3/c1-6-3-4-11-9(8(6)16(18)19)12-5-7-13-14-10(17)15(7)2/h3-4H,5H2,1-2H3,(H,11,12)(H,14,17). The Morgan fingerprint density at radius 3 is 2.89 bits per heavy atom. The lowest BCUT2D eigenvalue weighted by Gasteiger charge is -2.06. The van der Waals surface area contributed by atoms with Crippen molar-refractivity contribution in [2.45, 2.75) is 13.5 Å². The zero-order chi connectivity index (χ0) is 14.0. The largest absolute Gasteiger partial charge is 0.357 e. The molecule has 2 N–H and O–H groups in total. The van der Waals surface area contributed by atoms with Crippen molar-refractivity contribution in [1.82, 2.24) is 19.7 Å². The second kappa shape index (κ2) is 4.88. The summed E-state index contributed by atoms with van der Waals surface area (Å²) in [6.07, 6.45) is 1.48. The molecule has 0 spiro atoms. The number of H-pyrrole nitrogens is 1. The maximum Gasteiger partial charge on any atom is 0.343 e. The zero-order valence-electron chi connectivity index (χ0n) is 10.4. The van der Waals surface area contributed by atoms with Crippen molar-refractivity contribution in [3.63, 3.8) is 0 Å². The van der Waals surface area contributed by atoms with E-state index in [0.717, 1.165) is 0 Å². The Morgan fingerprint density at radius 2 is 2.32 bits per heavy atom. The minimum atomic E-state index is -0.492. The number of pyridine rings is 1. The van der Waals surface area contributed by atoms with Gasteiger partial charge in [-0.1, -0.05) is 0 Å². The molecule has 0 aliphatic carbocycles. The highest BCUT2D eigenvalue weighted by Crippen LogP contribution is 2.25. The normalized spacial score (nSPS) is 10.4. The first-order valence-corrected chi connectivity index (χ1v) is 5.45. The summed E-state index contributed by atoms with van der Waals surface area (Å²) in [6.45, 7) is 1.79. The topological polar surface area (TPSA) is 119 Å². The van der Waals surface area contributed by atoms with Crippen molar-refractivity contribution in [2.24, 2.45) is 7.05 Å². The second-order valence-electron chi connectivity index (χ2n) is 3.94. The fourth-order valence-corrected chi connectivity index (χ4v) is 1.61. The van der Waals surface area contributed by atoms with Crippen molar-refractivity contribution >= 4 is 11.5 Å². The summed E-state index contributed by atoms with van der Waals surface area (Å²) in [5.41, 5.74) is 0.0879. The van der Waals surface area contributed by atoms with Crippen LogP contribution in [0.15, 0.2) is 17.1 Å². The highest BCUT2D eigenvalue weighted by atomic mass is 16.6. The van der Waals surface area contributed by atoms with Gasteiger partial charge in [-0.2, -0.15) is 5.10 Å². The van der Waals surface area contributed by atoms with E-state index in [4.69, 9.17) is 0 Å². The Kier molecular flexibility index (Phi) is 3.27. The average molecular weight is 264 g/mol. The van der Waals surface area contributed by atoms with E-state index in [2.05, 4.69) is 20.5 Å². The highest BCUT2D eigenvalue weighted by molar-refractivity contribution is 5.59. The molecule has 0 atom stereocenters. The minimum Gasteiger partial charge on any atom is -0.357 e. The third-order valence-corrected chi connectivity index (χ3v) is 2.69. The number of rotatable bonds is 4. The SMILES string of the molecule is Cc1ccnc(NCc2n[nH]c(=O)n2C)c1[N+](=O)[O-]. The molecule has 0 fully saturated rings. The van der Waals surface area contributed by atoms with Gasteiger partial charge in [-0.3, -0.25) is 14.7 Å². The number of anilines is 1. The van der Waals surface area contributed by atoms with E-state index in [-0.39, 0.29) is 23.7 Å². The van der Waals surface area contributed by atoms with Crippen LogP contribution in [0.1, 0.15) is 11.4 Å². The van der Waals surface area contributed by atoms with Crippen LogP contribution >= 0.6 is 0 Å². The molecule has 0 radical (unpaired) electrons. The Bertz CT molecular complexity index is 674. The Morgan fingerprint density at radius 1 is 1.58 bits per heavy atom. The van der Waals surface area contributed by atoms with E-state index < -0.39 is 4.92 Å². The van der Waals surface area contributed by atoms with E-state index >= 15 is 0 Å². The molecule has 0 amide bonds. The summed E-state index contributed by atoms with van der Waals surface area (Å²) < 4.78 is 1.31. The summed E-state index contributed by atoms with van der Waals surface area (Å²) in [6, 6.07) is 1.56. The highest BCUT2D eigenvalue weighted by Gasteiger charge is 2.18. The van der Waals surface area contributed by atoms with E-state index in [1.807, 2.05) is 0 Å². The molecule has 0 aliphatic heterocycles. The molecule has 19 heavy (non-hydrogen) atoms. The van der Waals surface area contributed by atoms with Crippen LogP contribution in [0, 0.1) is 17.0 Å². The average Bonchev–Trinajstić information content (AvgIpc) is 2.67. The number of aryl methyl sites for hydroxylation is 1. The van der Waals surface area contributed by atoms with Gasteiger partial charge in [0.2, 0.25) is 5.82 Å². The van der Waals surface area contributed by atoms with Crippen LogP contribution < -0.4 is 11.0 Å². The molecule has 2 rings (SSSR count). The maximum atomic E-state index is 11.2. The first-order valence-electron chi connectivity index (χ1n) is 5.45. The minimum absolute atomic E-state index is 0.0805. The number of nitro groups is 1. The fourth-order valence-electron chi connectivity index (χ4n) is 1.61. The number of hydrogen-bond donors (Lipinski definition) is 2. The van der Waals surface area contributed by atoms with Gasteiger partial charge in [-0.25, -0.2) is 14.9 Å². The van der Waals surface area contributed by atoms with Crippen molar-refractivity contribution < 1.29 is 4.92 Å². The quantitative estimate of drug-likeness (QED) is 0.606. The smallest absolute Gasteiger partial charge is 0.343 e. The summed E-state index contributed by atoms with van der Waals surface area (Å²) in [4.78, 5) is 25.6. The third kappa shape index (κ3) is 2.44. The van der Waals surface area contributed by atoms with Crippen molar-refractivity contribution in [3.8, 4) is 0 Å². The molecule has 0 unspecified atom stereocenters. The fraction of sp³-hybridized carbons (Fsp3) is 0.300. The molecular formula is C10H12N6O3. The number of aromatic nitrogens is 4. The monoisotopic (exact) mass is 264 g/mol. The van der Waals surface area contributed by atoms with Gasteiger partial charge >= 0.3 is 11.4 Å². The predicted molar refractivity (Wildman–Crippen MR) is 66.8 cm³/mol. The van der Waals surface area contributed by atoms with Crippen LogP contribution in [0.5, 0.6) is 0 Å². The van der Waals surface area contributed by atoms with Crippen LogP contribution in [-0.4, -0.2) is 24.7 Å². The number of hydrogen-bond acceptors (Lipinski definition) is 6. The van der Waals surface area contributed by atoms with E-state index in [0.29, 0.717) is 11.4 Å². The van der Waals surface area contributed by atoms with E-state index in [9.17, 15) is 14.9 Å². The predicted octanol–water partition coefficient (Wildman–Crippen LogP) is 0.332. The van der Waals surface area contributed by atoms with Crippen LogP contribution in [0.25, 0.3) is 0 Å². The number of aromatic amines is 1. The van der Waals surface area contributed by atoms with Crippen molar-refractivity contribution in [2.75, 3.05) is 5.32 Å². The third-order valence-electron chi connectivity index (χ3n) is 2.69. The van der Waals surface area contributed by atoms with Crippen LogP contribution in [0.4, 0.5) is 11.5 Å². The molecule has 9 nitrogen and oxygen atoms in total. The van der Waals surface area contributed by atoms with Crippen LogP contribution in [0.2, 0.25) is 0 Å². The Balaban J connectivity index is 2.25. The molecule has 0 aliphatic rings. The molecular weight excluding hydrogens is 252 g/mol. The molecule has 2 aromatic rings. The lowest BCUT2D eigenvalue weighted by Crippen LogP contribution is -2.16. The first kappa shape index (κ1) is 12.7. The van der Waals surface area contributed by atoms with Crippen LogP contribution in [0.3, 0.4) is 0 Å². The number of nitrogens with one attached hydrogen (secondary N) is 2. The van der Waals surface area contributed by atoms with Crippen molar-refractivity contribution in [3.05, 3.63) is 44.2 Å². The summed E-state index contributed by atoms with van der Waals surface area (Å²) >= 11 is 0. The van der Waals surface area contributed by atoms with E-state index in [1.54, 1.807) is 20.0 Å². The van der Waals surface area contributed by atoms with Crippen LogP contribution in [-0.2, 0) is 13.6 Å². The summed E-state index contributed by atoms with van der Waals surface area (Å²) in [5, 5.41) is 19.9. The maximum absolute atomic E-state index is 11.2. The van der Waals surface area contributed by atoms with Gasteiger partial charge in [-0.15, -0.1) is 0 Å². The molecule has 0 saturated carbocycles. The van der Waals surface area contributed by atoms with Gasteiger partial charge in [-0.05, 0) is 13.0 Å². The first-order chi connectivity index (χ1) is 9.00. The lowest BCUT2D eigenvalue weighted by atomic mass is 10.2. The molecule has 9 heteroatoms. The van der Waals surface area contributed by atoms with E-state index in [1.165, 1.54) is 10.8 Å². The van der Waals surface area contributed by atoms with Gasteiger partial charge in [0.15, 0.2) is 5.82 Å². The van der Waals surface area contributed by atoms with Gasteiger partial charge in [0.05, 0.1) is 11.5 Å². The molecule has 2 heterocycles. The molecule has 0 saturated heterocycles. The molecule has 0 bridgehead atoms. The molecule has 0 aromatic carbocycles. The summed E-state index contributed by atoms with van der Waals surface area (Å²) in [7, 11) is 1.56.